The van der Waals surface area contributed by atoms with E-state index in [0.717, 1.165) is 24.0 Å². The zero-order chi connectivity index (χ0) is 18.3. The molecule has 0 saturated carbocycles. The van der Waals surface area contributed by atoms with E-state index in [1.54, 1.807) is 12.1 Å². The summed E-state index contributed by atoms with van der Waals surface area (Å²) in [6.45, 7) is 0. The lowest BCUT2D eigenvalue weighted by molar-refractivity contribution is -0.137. The minimum absolute atomic E-state index is 0.112. The van der Waals surface area contributed by atoms with E-state index in [-0.39, 0.29) is 15.8 Å². The van der Waals surface area contributed by atoms with Crippen LogP contribution in [0.5, 0.6) is 0 Å². The highest BCUT2D eigenvalue weighted by molar-refractivity contribution is 7.99. The van der Waals surface area contributed by atoms with Gasteiger partial charge in [0, 0.05) is 6.20 Å². The fourth-order valence-electron chi connectivity index (χ4n) is 2.21. The predicted octanol–water partition coefficient (Wildman–Crippen LogP) is 3.53. The molecule has 0 bridgehead atoms. The first-order valence-corrected chi connectivity index (χ1v) is 8.26. The summed E-state index contributed by atoms with van der Waals surface area (Å²) in [5.74, 6) is 0. The number of alkyl halides is 3. The third kappa shape index (κ3) is 2.99. The average Bonchev–Trinajstić information content (AvgIpc) is 3.23. The summed E-state index contributed by atoms with van der Waals surface area (Å²) in [7, 11) is 0. The second-order valence-electron chi connectivity index (χ2n) is 5.06. The molecule has 4 aromatic rings. The molecule has 0 radical (unpaired) electrons. The van der Waals surface area contributed by atoms with E-state index in [1.807, 2.05) is 18.2 Å². The number of benzene rings is 1. The highest BCUT2D eigenvalue weighted by Gasteiger charge is 2.32. The summed E-state index contributed by atoms with van der Waals surface area (Å²) in [6, 6.07) is 9.87. The largest absolute Gasteiger partial charge is 0.417 e. The zero-order valence-electron chi connectivity index (χ0n) is 12.6. The Hall–Kier alpha value is -2.66. The van der Waals surface area contributed by atoms with Crippen molar-refractivity contribution in [2.24, 2.45) is 0 Å². The molecule has 0 saturated heterocycles. The number of tetrazole rings is 1. The highest BCUT2D eigenvalue weighted by Crippen LogP contribution is 2.34. The van der Waals surface area contributed by atoms with E-state index < -0.39 is 11.7 Å². The predicted molar refractivity (Wildman–Crippen MR) is 86.3 cm³/mol. The van der Waals surface area contributed by atoms with Crippen LogP contribution >= 0.6 is 23.4 Å². The fourth-order valence-corrected chi connectivity index (χ4v) is 3.25. The quantitative estimate of drug-likeness (QED) is 0.526. The summed E-state index contributed by atoms with van der Waals surface area (Å²) in [5, 5.41) is 19.5. The zero-order valence-corrected chi connectivity index (χ0v) is 14.2. The number of nitrogens with zero attached hydrogens (tertiary/aromatic N) is 7. The third-order valence-electron chi connectivity index (χ3n) is 3.38. The van der Waals surface area contributed by atoms with Crippen molar-refractivity contribution in [3.8, 4) is 5.69 Å². The van der Waals surface area contributed by atoms with Crippen molar-refractivity contribution in [2.45, 2.75) is 16.5 Å². The number of halogens is 4. The van der Waals surface area contributed by atoms with Crippen LogP contribution in [0.3, 0.4) is 0 Å². The molecule has 0 unspecified atom stereocenters. The monoisotopic (exact) mass is 397 g/mol. The molecule has 0 atom stereocenters. The van der Waals surface area contributed by atoms with Gasteiger partial charge in [0.25, 0.3) is 0 Å². The summed E-state index contributed by atoms with van der Waals surface area (Å²) in [4.78, 5) is 0. The molecule has 26 heavy (non-hydrogen) atoms. The first kappa shape index (κ1) is 16.8. The SMILES string of the molecule is FC(F)(F)c1cc(Cl)c2nnc(Sc3nnnn3-c3ccccc3)n2c1. The van der Waals surface area contributed by atoms with Gasteiger partial charge in [-0.2, -0.15) is 17.9 Å². The van der Waals surface area contributed by atoms with Crippen LogP contribution in [-0.2, 0) is 6.18 Å². The molecule has 1 aromatic carbocycles. The number of para-hydroxylation sites is 1. The first-order valence-electron chi connectivity index (χ1n) is 7.06. The van der Waals surface area contributed by atoms with E-state index in [0.29, 0.717) is 10.8 Å². The van der Waals surface area contributed by atoms with Crippen molar-refractivity contribution in [3.05, 3.63) is 53.2 Å². The molecule has 0 spiro atoms. The Kier molecular flexibility index (Phi) is 4.04. The molecule has 0 aliphatic carbocycles. The molecule has 0 aliphatic rings. The average molecular weight is 398 g/mol. The Morgan fingerprint density at radius 3 is 2.50 bits per heavy atom. The topological polar surface area (TPSA) is 73.8 Å². The number of rotatable bonds is 3. The lowest BCUT2D eigenvalue weighted by Crippen LogP contribution is -2.07. The number of pyridine rings is 1. The summed E-state index contributed by atoms with van der Waals surface area (Å²) >= 11 is 6.88. The van der Waals surface area contributed by atoms with Crippen LogP contribution in [0.4, 0.5) is 13.2 Å². The lowest BCUT2D eigenvalue weighted by Gasteiger charge is -2.08. The molecular formula is C14H7ClF3N7S. The lowest BCUT2D eigenvalue weighted by atomic mass is 10.3. The molecule has 4 rings (SSSR count). The van der Waals surface area contributed by atoms with Crippen LogP contribution in [0.1, 0.15) is 5.56 Å². The van der Waals surface area contributed by atoms with Gasteiger partial charge in [-0.15, -0.1) is 15.3 Å². The highest BCUT2D eigenvalue weighted by atomic mass is 35.5. The van der Waals surface area contributed by atoms with E-state index in [4.69, 9.17) is 11.6 Å². The van der Waals surface area contributed by atoms with Gasteiger partial charge in [0.1, 0.15) is 0 Å². The maximum absolute atomic E-state index is 13.0. The van der Waals surface area contributed by atoms with Gasteiger partial charge in [-0.1, -0.05) is 29.8 Å². The van der Waals surface area contributed by atoms with E-state index in [2.05, 4.69) is 25.7 Å². The summed E-state index contributed by atoms with van der Waals surface area (Å²) in [5.41, 5.74) is -0.0944. The number of aromatic nitrogens is 7. The van der Waals surface area contributed by atoms with Gasteiger partial charge in [0.15, 0.2) is 5.65 Å². The first-order chi connectivity index (χ1) is 12.4. The van der Waals surface area contributed by atoms with Crippen molar-refractivity contribution in [2.75, 3.05) is 0 Å². The van der Waals surface area contributed by atoms with Crippen molar-refractivity contribution < 1.29 is 13.2 Å². The van der Waals surface area contributed by atoms with Crippen molar-refractivity contribution in [1.82, 2.24) is 34.8 Å². The Balaban J connectivity index is 1.78. The van der Waals surface area contributed by atoms with E-state index >= 15 is 0 Å². The molecule has 12 heteroatoms. The maximum Gasteiger partial charge on any atom is 0.417 e. The van der Waals surface area contributed by atoms with Crippen LogP contribution in [0, 0.1) is 0 Å². The molecule has 0 aliphatic heterocycles. The molecular weight excluding hydrogens is 391 g/mol. The van der Waals surface area contributed by atoms with Crippen LogP contribution in [0.25, 0.3) is 11.3 Å². The van der Waals surface area contributed by atoms with Gasteiger partial charge in [-0.3, -0.25) is 4.40 Å². The van der Waals surface area contributed by atoms with Crippen LogP contribution in [0.15, 0.2) is 52.9 Å². The van der Waals surface area contributed by atoms with Crippen molar-refractivity contribution in [3.63, 3.8) is 0 Å². The normalized spacial score (nSPS) is 12.0. The van der Waals surface area contributed by atoms with Crippen molar-refractivity contribution in [1.29, 1.82) is 0 Å². The molecule has 132 valence electrons. The molecule has 0 fully saturated rings. The standard InChI is InChI=1S/C14H7ClF3N7S/c15-10-6-8(14(16,17)18)7-24-11(10)19-20-12(24)26-13-21-22-23-25(13)9-4-2-1-3-5-9/h1-7H. The molecule has 3 heterocycles. The molecule has 7 nitrogen and oxygen atoms in total. The Morgan fingerprint density at radius 1 is 1.00 bits per heavy atom. The molecule has 0 N–H and O–H groups in total. The second-order valence-corrected chi connectivity index (χ2v) is 6.40. The van der Waals surface area contributed by atoms with Crippen LogP contribution in [-0.4, -0.2) is 34.8 Å². The van der Waals surface area contributed by atoms with Crippen LogP contribution < -0.4 is 0 Å². The van der Waals surface area contributed by atoms with Gasteiger partial charge in [-0.05, 0) is 40.4 Å². The van der Waals surface area contributed by atoms with Gasteiger partial charge in [-0.25, -0.2) is 0 Å². The second kappa shape index (κ2) is 6.25. The minimum atomic E-state index is -4.55. The smallest absolute Gasteiger partial charge is 0.275 e. The number of hydrogen-bond acceptors (Lipinski definition) is 6. The summed E-state index contributed by atoms with van der Waals surface area (Å²) in [6.07, 6.45) is -3.66. The van der Waals surface area contributed by atoms with Gasteiger partial charge in [0.2, 0.25) is 10.3 Å². The molecule has 3 aromatic heterocycles. The Bertz CT molecular complexity index is 1080. The number of fused-ring (bicyclic) bond motifs is 1. The number of hydrogen-bond donors (Lipinski definition) is 0. The van der Waals surface area contributed by atoms with Gasteiger partial charge in [0.05, 0.1) is 16.3 Å². The van der Waals surface area contributed by atoms with Gasteiger partial charge >= 0.3 is 6.18 Å². The minimum Gasteiger partial charge on any atom is -0.275 e. The van der Waals surface area contributed by atoms with Gasteiger partial charge < -0.3 is 0 Å². The Labute approximate surface area is 152 Å². The fraction of sp³-hybridized carbons (Fsp3) is 0.0714. The van der Waals surface area contributed by atoms with E-state index in [9.17, 15) is 13.2 Å². The summed E-state index contributed by atoms with van der Waals surface area (Å²) < 4.78 is 41.7. The van der Waals surface area contributed by atoms with E-state index in [1.165, 1.54) is 9.08 Å². The maximum atomic E-state index is 13.0. The van der Waals surface area contributed by atoms with Crippen molar-refractivity contribution >= 4 is 29.0 Å². The third-order valence-corrected chi connectivity index (χ3v) is 4.56. The molecule has 0 amide bonds. The Morgan fingerprint density at radius 2 is 1.77 bits per heavy atom. The van der Waals surface area contributed by atoms with Crippen LogP contribution in [0.2, 0.25) is 5.02 Å².